The molecule has 1 N–H and O–H groups in total. The third-order valence-electron chi connectivity index (χ3n) is 3.14. The maximum absolute atomic E-state index is 5.92. The Labute approximate surface area is 119 Å². The van der Waals surface area contributed by atoms with Gasteiger partial charge in [0, 0.05) is 26.1 Å². The molecule has 0 aliphatic heterocycles. The summed E-state index contributed by atoms with van der Waals surface area (Å²) >= 11 is 0. The van der Waals surface area contributed by atoms with Gasteiger partial charge >= 0.3 is 0 Å². The molecule has 108 valence electrons. The zero-order valence-electron chi connectivity index (χ0n) is 12.9. The van der Waals surface area contributed by atoms with Crippen LogP contribution in [-0.4, -0.2) is 26.8 Å². The Morgan fingerprint density at radius 1 is 1.25 bits per heavy atom. The number of rotatable bonds is 4. The van der Waals surface area contributed by atoms with E-state index in [-0.39, 0.29) is 5.92 Å². The van der Waals surface area contributed by atoms with Gasteiger partial charge in [-0.05, 0) is 13.8 Å². The summed E-state index contributed by atoms with van der Waals surface area (Å²) in [6.45, 7) is 8.00. The van der Waals surface area contributed by atoms with Crippen LogP contribution in [0.3, 0.4) is 0 Å². The molecule has 0 saturated heterocycles. The Morgan fingerprint density at radius 3 is 2.45 bits per heavy atom. The minimum Gasteiger partial charge on any atom is -0.435 e. The Bertz CT molecular complexity index is 618. The molecule has 2 aromatic rings. The molecule has 0 atom stereocenters. The lowest BCUT2D eigenvalue weighted by Gasteiger charge is -2.11. The van der Waals surface area contributed by atoms with Crippen molar-refractivity contribution in [1.29, 1.82) is 0 Å². The maximum Gasteiger partial charge on any atom is 0.224 e. The summed E-state index contributed by atoms with van der Waals surface area (Å²) < 4.78 is 7.72. The summed E-state index contributed by atoms with van der Waals surface area (Å²) in [7, 11) is 3.73. The number of aryl methyl sites for hydroxylation is 2. The standard InChI is InChI=1S/C14H21N5O/c1-8(2)14-16-11(15-5)7-12(17-14)20-13-9(3)18-19(6)10(13)4/h7-8H,1-6H3,(H,15,16,17). The topological polar surface area (TPSA) is 64.9 Å². The molecular formula is C14H21N5O. The van der Waals surface area contributed by atoms with Crippen LogP contribution in [0, 0.1) is 13.8 Å². The van der Waals surface area contributed by atoms with Gasteiger partial charge in [-0.15, -0.1) is 0 Å². The van der Waals surface area contributed by atoms with Crippen molar-refractivity contribution in [2.45, 2.75) is 33.6 Å². The van der Waals surface area contributed by atoms with Gasteiger partial charge in [0.05, 0.1) is 5.69 Å². The number of hydrogen-bond acceptors (Lipinski definition) is 5. The van der Waals surface area contributed by atoms with E-state index in [2.05, 4.69) is 34.2 Å². The summed E-state index contributed by atoms with van der Waals surface area (Å²) in [6.07, 6.45) is 0. The molecule has 2 rings (SSSR count). The van der Waals surface area contributed by atoms with Crippen molar-refractivity contribution < 1.29 is 4.74 Å². The first-order valence-electron chi connectivity index (χ1n) is 6.67. The van der Waals surface area contributed by atoms with Crippen LogP contribution in [0.1, 0.15) is 37.0 Å². The zero-order valence-corrected chi connectivity index (χ0v) is 12.9. The van der Waals surface area contributed by atoms with Gasteiger partial charge in [0.1, 0.15) is 17.3 Å². The number of ether oxygens (including phenoxy) is 1. The van der Waals surface area contributed by atoms with Crippen LogP contribution < -0.4 is 10.1 Å². The summed E-state index contributed by atoms with van der Waals surface area (Å²) in [6, 6.07) is 1.79. The Balaban J connectivity index is 2.40. The average Bonchev–Trinajstić information content (AvgIpc) is 2.65. The third kappa shape index (κ3) is 2.74. The van der Waals surface area contributed by atoms with E-state index in [0.29, 0.717) is 5.88 Å². The molecule has 0 spiro atoms. The van der Waals surface area contributed by atoms with E-state index in [4.69, 9.17) is 4.74 Å². The van der Waals surface area contributed by atoms with Gasteiger partial charge < -0.3 is 10.1 Å². The maximum atomic E-state index is 5.92. The Morgan fingerprint density at radius 2 is 1.95 bits per heavy atom. The lowest BCUT2D eigenvalue weighted by Crippen LogP contribution is -2.03. The smallest absolute Gasteiger partial charge is 0.224 e. The quantitative estimate of drug-likeness (QED) is 0.929. The second-order valence-corrected chi connectivity index (χ2v) is 5.08. The Kier molecular flexibility index (Phi) is 3.92. The fourth-order valence-electron chi connectivity index (χ4n) is 1.89. The van der Waals surface area contributed by atoms with E-state index < -0.39 is 0 Å². The number of aromatic nitrogens is 4. The minimum absolute atomic E-state index is 0.238. The third-order valence-corrected chi connectivity index (χ3v) is 3.14. The van der Waals surface area contributed by atoms with Crippen molar-refractivity contribution in [3.05, 3.63) is 23.3 Å². The van der Waals surface area contributed by atoms with Crippen molar-refractivity contribution in [2.75, 3.05) is 12.4 Å². The van der Waals surface area contributed by atoms with Crippen LogP contribution in [0.5, 0.6) is 11.6 Å². The molecule has 20 heavy (non-hydrogen) atoms. The van der Waals surface area contributed by atoms with Gasteiger partial charge in [0.25, 0.3) is 0 Å². The molecule has 2 heterocycles. The first kappa shape index (κ1) is 14.3. The summed E-state index contributed by atoms with van der Waals surface area (Å²) in [5.41, 5.74) is 1.82. The number of nitrogens with zero attached hydrogens (tertiary/aromatic N) is 4. The first-order valence-corrected chi connectivity index (χ1v) is 6.67. The molecule has 6 heteroatoms. The number of anilines is 1. The minimum atomic E-state index is 0.238. The van der Waals surface area contributed by atoms with Gasteiger partial charge in [-0.1, -0.05) is 13.8 Å². The van der Waals surface area contributed by atoms with Gasteiger partial charge in [-0.3, -0.25) is 4.68 Å². The molecule has 0 saturated carbocycles. The molecule has 0 bridgehead atoms. The molecule has 2 aromatic heterocycles. The predicted molar refractivity (Wildman–Crippen MR) is 78.4 cm³/mol. The van der Waals surface area contributed by atoms with Crippen molar-refractivity contribution in [3.63, 3.8) is 0 Å². The van der Waals surface area contributed by atoms with Crippen molar-refractivity contribution in [1.82, 2.24) is 19.7 Å². The normalized spacial score (nSPS) is 10.9. The average molecular weight is 275 g/mol. The molecule has 0 fully saturated rings. The molecular weight excluding hydrogens is 254 g/mol. The fourth-order valence-corrected chi connectivity index (χ4v) is 1.89. The Hall–Kier alpha value is -2.11. The largest absolute Gasteiger partial charge is 0.435 e. The predicted octanol–water partition coefficient (Wildman–Crippen LogP) is 2.78. The molecule has 0 aromatic carbocycles. The van der Waals surface area contributed by atoms with E-state index in [1.54, 1.807) is 10.7 Å². The van der Waals surface area contributed by atoms with Crippen molar-refractivity contribution in [2.24, 2.45) is 7.05 Å². The molecule has 6 nitrogen and oxygen atoms in total. The van der Waals surface area contributed by atoms with E-state index in [1.165, 1.54) is 0 Å². The van der Waals surface area contributed by atoms with Crippen LogP contribution in [0.25, 0.3) is 0 Å². The lowest BCUT2D eigenvalue weighted by molar-refractivity contribution is 0.450. The summed E-state index contributed by atoms with van der Waals surface area (Å²) in [5, 5.41) is 7.37. The van der Waals surface area contributed by atoms with Gasteiger partial charge in [-0.2, -0.15) is 10.1 Å². The second kappa shape index (κ2) is 5.48. The molecule has 0 aliphatic carbocycles. The monoisotopic (exact) mass is 275 g/mol. The van der Waals surface area contributed by atoms with Crippen LogP contribution in [0.4, 0.5) is 5.82 Å². The van der Waals surface area contributed by atoms with Crippen LogP contribution >= 0.6 is 0 Å². The highest BCUT2D eigenvalue weighted by Crippen LogP contribution is 2.28. The van der Waals surface area contributed by atoms with Crippen molar-refractivity contribution >= 4 is 5.82 Å². The molecule has 0 amide bonds. The number of nitrogens with one attached hydrogen (secondary N) is 1. The van der Waals surface area contributed by atoms with Crippen LogP contribution in [0.15, 0.2) is 6.07 Å². The highest BCUT2D eigenvalue weighted by atomic mass is 16.5. The van der Waals surface area contributed by atoms with E-state index in [0.717, 1.165) is 28.8 Å². The van der Waals surface area contributed by atoms with Gasteiger partial charge in [0.15, 0.2) is 5.75 Å². The van der Waals surface area contributed by atoms with E-state index in [9.17, 15) is 0 Å². The van der Waals surface area contributed by atoms with Crippen LogP contribution in [0.2, 0.25) is 0 Å². The summed E-state index contributed by atoms with van der Waals surface area (Å²) in [5.74, 6) is 3.03. The molecule has 0 radical (unpaired) electrons. The first-order chi connectivity index (χ1) is 9.42. The zero-order chi connectivity index (χ0) is 14.9. The number of hydrogen-bond donors (Lipinski definition) is 1. The van der Waals surface area contributed by atoms with E-state index in [1.807, 2.05) is 27.9 Å². The van der Waals surface area contributed by atoms with Gasteiger partial charge in [-0.25, -0.2) is 4.98 Å². The molecule has 0 aliphatic rings. The van der Waals surface area contributed by atoms with E-state index >= 15 is 0 Å². The lowest BCUT2D eigenvalue weighted by atomic mass is 10.2. The van der Waals surface area contributed by atoms with Crippen LogP contribution in [-0.2, 0) is 7.05 Å². The summed E-state index contributed by atoms with van der Waals surface area (Å²) in [4.78, 5) is 8.88. The second-order valence-electron chi connectivity index (χ2n) is 5.08. The van der Waals surface area contributed by atoms with Crippen molar-refractivity contribution in [3.8, 4) is 11.6 Å². The fraction of sp³-hybridized carbons (Fsp3) is 0.500. The van der Waals surface area contributed by atoms with Gasteiger partial charge in [0.2, 0.25) is 5.88 Å². The highest BCUT2D eigenvalue weighted by molar-refractivity contribution is 5.41. The highest BCUT2D eigenvalue weighted by Gasteiger charge is 2.14. The SMILES string of the molecule is CNc1cc(Oc2c(C)nn(C)c2C)nc(C(C)C)n1. The molecule has 0 unspecified atom stereocenters.